The summed E-state index contributed by atoms with van der Waals surface area (Å²) in [4.78, 5) is 37.7. The molecule has 0 aliphatic heterocycles. The molecule has 0 bridgehead atoms. The zero-order valence-corrected chi connectivity index (χ0v) is 38.0. The molecule has 9 rings (SSSR count). The van der Waals surface area contributed by atoms with Gasteiger partial charge in [0, 0.05) is 32.8 Å². The van der Waals surface area contributed by atoms with Crippen molar-refractivity contribution >= 4 is 98.0 Å². The molecule has 6 aromatic carbocycles. The van der Waals surface area contributed by atoms with Crippen LogP contribution in [0.5, 0.6) is 34.5 Å². The minimum Gasteiger partial charge on any atom is -0.508 e. The highest BCUT2D eigenvalue weighted by atomic mass is 79.9. The van der Waals surface area contributed by atoms with E-state index in [2.05, 4.69) is 47.8 Å². The lowest BCUT2D eigenvalue weighted by Gasteiger charge is -2.03. The van der Waals surface area contributed by atoms with Crippen molar-refractivity contribution < 1.29 is 57.2 Å². The van der Waals surface area contributed by atoms with Crippen molar-refractivity contribution in [3.05, 3.63) is 175 Å². The van der Waals surface area contributed by atoms with Gasteiger partial charge in [0.15, 0.2) is 17.3 Å². The van der Waals surface area contributed by atoms with Gasteiger partial charge in [0.25, 0.3) is 0 Å². The lowest BCUT2D eigenvalue weighted by Crippen LogP contribution is -2.00. The zero-order chi connectivity index (χ0) is 44.9. The van der Waals surface area contributed by atoms with Gasteiger partial charge in [0.1, 0.15) is 70.0 Å². The van der Waals surface area contributed by atoms with Crippen LogP contribution in [0.3, 0.4) is 0 Å². The molecule has 0 atom stereocenters. The number of phenols is 3. The maximum atomic E-state index is 12.6. The van der Waals surface area contributed by atoms with E-state index < -0.39 is 0 Å². The van der Waals surface area contributed by atoms with E-state index in [0.29, 0.717) is 97.0 Å². The number of ketones is 3. The lowest BCUT2D eigenvalue weighted by molar-refractivity contribution is 0.103. The molecular weight excluding hydrogens is 1010 g/mol. The molecule has 0 spiro atoms. The highest BCUT2D eigenvalue weighted by Crippen LogP contribution is 2.37. The average Bonchev–Trinajstić information content (AvgIpc) is 4.05. The van der Waals surface area contributed by atoms with Crippen molar-refractivity contribution in [2.24, 2.45) is 0 Å². The first-order valence-corrected chi connectivity index (χ1v) is 20.9. The summed E-state index contributed by atoms with van der Waals surface area (Å²) >= 11 is 9.81. The van der Waals surface area contributed by atoms with Gasteiger partial charge >= 0.3 is 0 Å². The summed E-state index contributed by atoms with van der Waals surface area (Å²) in [5.41, 5.74) is 4.41. The Morgan fingerprint density at radius 1 is 0.476 bits per heavy atom. The van der Waals surface area contributed by atoms with Gasteiger partial charge in [0.05, 0.1) is 51.4 Å². The Morgan fingerprint density at radius 2 is 0.937 bits per heavy atom. The van der Waals surface area contributed by atoms with Gasteiger partial charge in [-0.25, -0.2) is 0 Å². The Balaban J connectivity index is 0.000000142. The molecule has 318 valence electrons. The molecular formula is C48H33Br3O12. The highest BCUT2D eigenvalue weighted by Gasteiger charge is 2.21. The minimum absolute atomic E-state index is 0.0627. The number of fused-ring (bicyclic) bond motifs is 3. The second-order valence-corrected chi connectivity index (χ2v) is 16.0. The first kappa shape index (κ1) is 44.3. The summed E-state index contributed by atoms with van der Waals surface area (Å²) in [6, 6.07) is 29.8. The number of carbonyl (C=O) groups is 3. The number of hydrogen-bond acceptors (Lipinski definition) is 12. The molecule has 3 aromatic heterocycles. The van der Waals surface area contributed by atoms with E-state index in [1.54, 1.807) is 106 Å². The van der Waals surface area contributed by atoms with E-state index in [4.69, 9.17) is 27.5 Å². The molecule has 15 heteroatoms. The SMILES string of the molecule is COc1ccc(C(=O)c2coc3c(Br)cc(O)cc23)cc1.COc1ccc(C(=O)c2coc3cc(Br)c(O)cc23)cc1.COc1ccc(C(=O)c2coc3ccc(O)c(Br)c23)cc1. The van der Waals surface area contributed by atoms with Crippen LogP contribution in [0.25, 0.3) is 32.9 Å². The summed E-state index contributed by atoms with van der Waals surface area (Å²) < 4.78 is 33.0. The van der Waals surface area contributed by atoms with Gasteiger partial charge in [-0.3, -0.25) is 14.4 Å². The van der Waals surface area contributed by atoms with E-state index in [1.807, 2.05) is 0 Å². The van der Waals surface area contributed by atoms with E-state index in [0.717, 1.165) is 0 Å². The minimum atomic E-state index is -0.178. The lowest BCUT2D eigenvalue weighted by atomic mass is 10.0. The molecule has 0 radical (unpaired) electrons. The number of phenolic OH excluding ortho intramolecular Hbond substituents is 3. The highest BCUT2D eigenvalue weighted by molar-refractivity contribution is 9.11. The van der Waals surface area contributed by atoms with Gasteiger partial charge in [-0.1, -0.05) is 0 Å². The van der Waals surface area contributed by atoms with E-state index in [1.165, 1.54) is 43.1 Å². The maximum Gasteiger partial charge on any atom is 0.196 e. The van der Waals surface area contributed by atoms with Gasteiger partial charge in [-0.15, -0.1) is 0 Å². The fourth-order valence-electron chi connectivity index (χ4n) is 6.41. The Labute approximate surface area is 383 Å². The number of halogens is 3. The Hall–Kier alpha value is -6.81. The van der Waals surface area contributed by atoms with E-state index in [-0.39, 0.29) is 34.6 Å². The number of methoxy groups -OCH3 is 3. The van der Waals surface area contributed by atoms with Crippen molar-refractivity contribution in [2.45, 2.75) is 0 Å². The Kier molecular flexibility index (Phi) is 13.4. The van der Waals surface area contributed by atoms with Crippen LogP contribution < -0.4 is 14.2 Å². The summed E-state index contributed by atoms with van der Waals surface area (Å²) in [6.07, 6.45) is 4.21. The van der Waals surface area contributed by atoms with Crippen LogP contribution in [0.4, 0.5) is 0 Å². The van der Waals surface area contributed by atoms with Crippen molar-refractivity contribution in [2.75, 3.05) is 21.3 Å². The number of ether oxygens (including phenoxy) is 3. The molecule has 0 saturated heterocycles. The first-order chi connectivity index (χ1) is 30.3. The Morgan fingerprint density at radius 3 is 1.46 bits per heavy atom. The molecule has 0 unspecified atom stereocenters. The van der Waals surface area contributed by atoms with E-state index >= 15 is 0 Å². The fourth-order valence-corrected chi connectivity index (χ4v) is 7.81. The van der Waals surface area contributed by atoms with Crippen molar-refractivity contribution in [3.63, 3.8) is 0 Å². The van der Waals surface area contributed by atoms with Crippen LogP contribution in [-0.4, -0.2) is 54.0 Å². The van der Waals surface area contributed by atoms with Gasteiger partial charge in [0.2, 0.25) is 0 Å². The van der Waals surface area contributed by atoms with Crippen molar-refractivity contribution in [3.8, 4) is 34.5 Å². The maximum absolute atomic E-state index is 12.6. The quantitative estimate of drug-likeness (QED) is 0.117. The van der Waals surface area contributed by atoms with Crippen molar-refractivity contribution in [1.82, 2.24) is 0 Å². The smallest absolute Gasteiger partial charge is 0.196 e. The number of hydrogen-bond donors (Lipinski definition) is 3. The number of aromatic hydroxyl groups is 3. The van der Waals surface area contributed by atoms with E-state index in [9.17, 15) is 29.7 Å². The third-order valence-electron chi connectivity index (χ3n) is 9.70. The summed E-state index contributed by atoms with van der Waals surface area (Å²) in [5, 5.41) is 30.9. The molecule has 3 N–H and O–H groups in total. The van der Waals surface area contributed by atoms with Crippen molar-refractivity contribution in [1.29, 1.82) is 0 Å². The summed E-state index contributed by atoms with van der Waals surface area (Å²) in [5.74, 6) is 1.73. The van der Waals surface area contributed by atoms with Crippen LogP contribution >= 0.6 is 47.8 Å². The van der Waals surface area contributed by atoms with Crippen LogP contribution in [0, 0.1) is 0 Å². The van der Waals surface area contributed by atoms with Gasteiger partial charge in [-0.05, 0) is 157 Å². The second kappa shape index (κ2) is 19.1. The van der Waals surface area contributed by atoms with Crippen LogP contribution in [-0.2, 0) is 0 Å². The third-order valence-corrected chi connectivity index (χ3v) is 11.7. The normalized spacial score (nSPS) is 10.8. The predicted octanol–water partition coefficient (Wildman–Crippen LogP) is 12.4. The number of benzene rings is 6. The molecule has 0 aliphatic rings. The summed E-state index contributed by atoms with van der Waals surface area (Å²) in [6.45, 7) is 0. The van der Waals surface area contributed by atoms with Crippen LogP contribution in [0.1, 0.15) is 47.8 Å². The largest absolute Gasteiger partial charge is 0.508 e. The van der Waals surface area contributed by atoms with Gasteiger partial charge < -0.3 is 42.8 Å². The number of carbonyl (C=O) groups excluding carboxylic acids is 3. The number of rotatable bonds is 9. The first-order valence-electron chi connectivity index (χ1n) is 18.6. The topological polar surface area (TPSA) is 179 Å². The second-order valence-electron chi connectivity index (χ2n) is 13.5. The van der Waals surface area contributed by atoms with Gasteiger partial charge in [-0.2, -0.15) is 0 Å². The molecule has 9 aromatic rings. The van der Waals surface area contributed by atoms with Crippen LogP contribution in [0.15, 0.2) is 155 Å². The molecule has 12 nitrogen and oxygen atoms in total. The molecule has 63 heavy (non-hydrogen) atoms. The monoisotopic (exact) mass is 1040 g/mol. The predicted molar refractivity (Wildman–Crippen MR) is 246 cm³/mol. The molecule has 3 heterocycles. The third kappa shape index (κ3) is 9.36. The average molecular weight is 1040 g/mol. The molecule has 0 amide bonds. The molecule has 0 saturated carbocycles. The molecule has 0 fully saturated rings. The Bertz CT molecular complexity index is 3130. The summed E-state index contributed by atoms with van der Waals surface area (Å²) in [7, 11) is 4.71. The zero-order valence-electron chi connectivity index (χ0n) is 33.3. The molecule has 0 aliphatic carbocycles. The number of furan rings is 3. The fraction of sp³-hybridized carbons (Fsp3) is 0.0625. The van der Waals surface area contributed by atoms with Crippen LogP contribution in [0.2, 0.25) is 0 Å². The standard InChI is InChI=1S/3C16H11BrO4/c1-20-11-4-2-9(3-5-11)15(19)13-8-21-16-12(13)6-10(18)7-14(16)17;1-20-10-4-2-9(3-5-10)16(19)12-8-21-15-7-13(17)14(18)6-11(12)15;1-20-10-4-2-9(3-5-10)16(19)11-8-21-13-7-6-12(18)15(17)14(11)13/h3*2-8,18H,1H3.